The lowest BCUT2D eigenvalue weighted by molar-refractivity contribution is 0.672. The zero-order chi connectivity index (χ0) is 30.9. The molecule has 0 unspecified atom stereocenters. The molecule has 9 aromatic rings. The van der Waals surface area contributed by atoms with Crippen molar-refractivity contribution in [2.75, 3.05) is 0 Å². The van der Waals surface area contributed by atoms with Crippen molar-refractivity contribution in [3.05, 3.63) is 163 Å². The van der Waals surface area contributed by atoms with Crippen molar-refractivity contribution in [3.8, 4) is 33.4 Å². The first-order chi connectivity index (χ1) is 23.3. The highest BCUT2D eigenvalue weighted by atomic mass is 16.3. The molecule has 1 nitrogen and oxygen atoms in total. The molecule has 8 aromatic carbocycles. The Balaban J connectivity index is 1.17. The first kappa shape index (κ1) is 26.3. The maximum absolute atomic E-state index is 6.42. The molecule has 47 heavy (non-hydrogen) atoms. The standard InChI is InChI=1S/C46H30O/c1-2-12-31-26-35(21-20-29(31)10-1)45-39-18-7-5-16-37(39)44(38-17-6-8-19-40(38)45)34-14-9-13-32(27-34)33-23-25-43-42(28-33)41-24-22-30-11-3-4-15-36(30)46(41)47-43/h1-5,7-16,18-28H,6,17H2. The third-order valence-electron chi connectivity index (χ3n) is 10.1. The smallest absolute Gasteiger partial charge is 0.143 e. The van der Waals surface area contributed by atoms with Gasteiger partial charge in [-0.25, -0.2) is 0 Å². The van der Waals surface area contributed by atoms with Gasteiger partial charge in [-0.2, -0.15) is 0 Å². The minimum atomic E-state index is 0.924. The van der Waals surface area contributed by atoms with Gasteiger partial charge in [0.05, 0.1) is 0 Å². The van der Waals surface area contributed by atoms with Crippen molar-refractivity contribution in [2.24, 2.45) is 0 Å². The summed E-state index contributed by atoms with van der Waals surface area (Å²) in [6.45, 7) is 0. The first-order valence-electron chi connectivity index (χ1n) is 16.5. The number of rotatable bonds is 3. The molecular formula is C46H30O. The number of hydrogen-bond donors (Lipinski definition) is 0. The van der Waals surface area contributed by atoms with E-state index in [-0.39, 0.29) is 0 Å². The van der Waals surface area contributed by atoms with Crippen LogP contribution >= 0.6 is 0 Å². The van der Waals surface area contributed by atoms with Crippen molar-refractivity contribution in [3.63, 3.8) is 0 Å². The fraction of sp³-hybridized carbons (Fsp3) is 0.0435. The summed E-state index contributed by atoms with van der Waals surface area (Å²) in [5.74, 6) is 0. The Kier molecular flexibility index (Phi) is 5.77. The van der Waals surface area contributed by atoms with Crippen LogP contribution in [0.3, 0.4) is 0 Å². The summed E-state index contributed by atoms with van der Waals surface area (Å²) in [6.07, 6.45) is 6.78. The Morgan fingerprint density at radius 2 is 1.11 bits per heavy atom. The quantitative estimate of drug-likeness (QED) is 0.197. The summed E-state index contributed by atoms with van der Waals surface area (Å²) in [6, 6.07) is 53.2. The van der Waals surface area contributed by atoms with Crippen LogP contribution in [-0.4, -0.2) is 0 Å². The highest BCUT2D eigenvalue weighted by Crippen LogP contribution is 2.46. The zero-order valence-corrected chi connectivity index (χ0v) is 25.8. The van der Waals surface area contributed by atoms with E-state index in [2.05, 4.69) is 158 Å². The van der Waals surface area contributed by atoms with Crippen LogP contribution < -0.4 is 0 Å². The molecule has 0 radical (unpaired) electrons. The van der Waals surface area contributed by atoms with Gasteiger partial charge in [-0.3, -0.25) is 0 Å². The molecular weight excluding hydrogens is 569 g/mol. The van der Waals surface area contributed by atoms with Crippen LogP contribution in [0.25, 0.3) is 93.7 Å². The summed E-state index contributed by atoms with van der Waals surface area (Å²) in [4.78, 5) is 0. The van der Waals surface area contributed by atoms with E-state index in [1.54, 1.807) is 0 Å². The van der Waals surface area contributed by atoms with E-state index in [0.29, 0.717) is 0 Å². The molecule has 220 valence electrons. The number of benzene rings is 8. The average Bonchev–Trinajstić information content (AvgIpc) is 3.52. The second kappa shape index (κ2) is 10.3. The van der Waals surface area contributed by atoms with E-state index in [1.807, 2.05) is 0 Å². The molecule has 0 amide bonds. The Morgan fingerprint density at radius 3 is 2.00 bits per heavy atom. The summed E-state index contributed by atoms with van der Waals surface area (Å²) in [7, 11) is 0. The monoisotopic (exact) mass is 598 g/mol. The van der Waals surface area contributed by atoms with E-state index in [4.69, 9.17) is 4.42 Å². The molecule has 1 aliphatic rings. The lowest BCUT2D eigenvalue weighted by atomic mass is 9.80. The van der Waals surface area contributed by atoms with E-state index in [0.717, 1.165) is 40.2 Å². The predicted octanol–water partition coefficient (Wildman–Crippen LogP) is 13.0. The van der Waals surface area contributed by atoms with Crippen molar-refractivity contribution in [1.82, 2.24) is 0 Å². The van der Waals surface area contributed by atoms with Gasteiger partial charge in [0.15, 0.2) is 0 Å². The van der Waals surface area contributed by atoms with E-state index in [1.165, 1.54) is 71.4 Å². The molecule has 1 heterocycles. The van der Waals surface area contributed by atoms with Crippen molar-refractivity contribution in [1.29, 1.82) is 0 Å². The molecule has 0 saturated carbocycles. The molecule has 0 fully saturated rings. The topological polar surface area (TPSA) is 13.1 Å². The van der Waals surface area contributed by atoms with Gasteiger partial charge in [0, 0.05) is 16.2 Å². The number of allylic oxidation sites excluding steroid dienone is 1. The van der Waals surface area contributed by atoms with Crippen LogP contribution in [0.5, 0.6) is 0 Å². The molecule has 0 bridgehead atoms. The van der Waals surface area contributed by atoms with Gasteiger partial charge in [0.25, 0.3) is 0 Å². The Labute approximate surface area is 273 Å². The van der Waals surface area contributed by atoms with Crippen LogP contribution in [0, 0.1) is 0 Å². The van der Waals surface area contributed by atoms with Crippen LogP contribution in [0.4, 0.5) is 0 Å². The molecule has 0 N–H and O–H groups in total. The maximum Gasteiger partial charge on any atom is 0.143 e. The van der Waals surface area contributed by atoms with E-state index < -0.39 is 0 Å². The Bertz CT molecular complexity index is 2740. The zero-order valence-electron chi connectivity index (χ0n) is 25.8. The molecule has 0 aliphatic heterocycles. The van der Waals surface area contributed by atoms with Gasteiger partial charge in [-0.15, -0.1) is 0 Å². The highest BCUT2D eigenvalue weighted by Gasteiger charge is 2.22. The molecule has 1 aromatic heterocycles. The lowest BCUT2D eigenvalue weighted by Crippen LogP contribution is -2.02. The number of fused-ring (bicyclic) bond motifs is 8. The van der Waals surface area contributed by atoms with Gasteiger partial charge >= 0.3 is 0 Å². The van der Waals surface area contributed by atoms with Crippen molar-refractivity contribution >= 4 is 60.3 Å². The van der Waals surface area contributed by atoms with E-state index in [9.17, 15) is 0 Å². The van der Waals surface area contributed by atoms with Crippen LogP contribution in [-0.2, 0) is 6.42 Å². The van der Waals surface area contributed by atoms with Gasteiger partial charge in [-0.1, -0.05) is 127 Å². The predicted molar refractivity (Wildman–Crippen MR) is 200 cm³/mol. The van der Waals surface area contributed by atoms with Crippen molar-refractivity contribution in [2.45, 2.75) is 12.8 Å². The number of furan rings is 1. The third kappa shape index (κ3) is 4.10. The summed E-state index contributed by atoms with van der Waals surface area (Å²) in [5, 5.41) is 9.82. The highest BCUT2D eigenvalue weighted by molar-refractivity contribution is 6.16. The average molecular weight is 599 g/mol. The summed E-state index contributed by atoms with van der Waals surface area (Å²) < 4.78 is 6.42. The largest absolute Gasteiger partial charge is 0.455 e. The van der Waals surface area contributed by atoms with Gasteiger partial charge in [0.1, 0.15) is 11.2 Å². The normalized spacial score (nSPS) is 12.9. The molecule has 1 heteroatoms. The molecule has 10 rings (SSSR count). The summed E-state index contributed by atoms with van der Waals surface area (Å²) in [5.41, 5.74) is 12.3. The Morgan fingerprint density at radius 1 is 0.426 bits per heavy atom. The van der Waals surface area contributed by atoms with Crippen LogP contribution in [0.1, 0.15) is 17.5 Å². The third-order valence-corrected chi connectivity index (χ3v) is 10.1. The van der Waals surface area contributed by atoms with Gasteiger partial charge < -0.3 is 4.42 Å². The summed E-state index contributed by atoms with van der Waals surface area (Å²) >= 11 is 0. The van der Waals surface area contributed by atoms with E-state index >= 15 is 0 Å². The van der Waals surface area contributed by atoms with Crippen molar-refractivity contribution < 1.29 is 4.42 Å². The van der Waals surface area contributed by atoms with Crippen LogP contribution in [0.2, 0.25) is 0 Å². The molecule has 1 aliphatic carbocycles. The minimum Gasteiger partial charge on any atom is -0.455 e. The maximum atomic E-state index is 6.42. The fourth-order valence-corrected chi connectivity index (χ4v) is 7.91. The second-order valence-electron chi connectivity index (χ2n) is 12.7. The molecule has 0 atom stereocenters. The first-order valence-corrected chi connectivity index (χ1v) is 16.5. The van der Waals surface area contributed by atoms with Crippen LogP contribution in [0.15, 0.2) is 156 Å². The van der Waals surface area contributed by atoms with Gasteiger partial charge in [-0.05, 0) is 115 Å². The molecule has 0 saturated heterocycles. The fourth-order valence-electron chi connectivity index (χ4n) is 7.91. The lowest BCUT2D eigenvalue weighted by Gasteiger charge is -2.24. The molecule has 0 spiro atoms. The SMILES string of the molecule is C1=Cc2c(c(-c3cccc(-c4ccc5oc6c7ccccc7ccc6c5c4)c3)c3ccccc3c2-c2ccc3ccccc3c2)CC1. The number of hydrogen-bond acceptors (Lipinski definition) is 1. The van der Waals surface area contributed by atoms with Gasteiger partial charge in [0.2, 0.25) is 0 Å². The minimum absolute atomic E-state index is 0.924. The second-order valence-corrected chi connectivity index (χ2v) is 12.7. The Hall–Kier alpha value is -5.92.